The highest BCUT2D eigenvalue weighted by Gasteiger charge is 2.31. The van der Waals surface area contributed by atoms with E-state index >= 15 is 0 Å². The van der Waals surface area contributed by atoms with Gasteiger partial charge in [0.15, 0.2) is 0 Å². The molecule has 0 aromatic heterocycles. The minimum Gasteiger partial charge on any atom is -0.494 e. The van der Waals surface area contributed by atoms with Crippen LogP contribution in [0.5, 0.6) is 5.75 Å². The minimum absolute atomic E-state index is 0.0191. The normalized spacial score (nSPS) is 17.0. The maximum Gasteiger partial charge on any atom is 0.243 e. The number of carbonyl (C=O) groups excluding carboxylic acids is 1. The summed E-state index contributed by atoms with van der Waals surface area (Å²) in [4.78, 5) is 12.1. The third-order valence-corrected chi connectivity index (χ3v) is 5.86. The van der Waals surface area contributed by atoms with E-state index in [4.69, 9.17) is 4.74 Å². The van der Waals surface area contributed by atoms with Gasteiger partial charge < -0.3 is 10.1 Å². The van der Waals surface area contributed by atoms with E-state index in [1.165, 1.54) is 4.31 Å². The Morgan fingerprint density at radius 2 is 1.83 bits per heavy atom. The summed E-state index contributed by atoms with van der Waals surface area (Å²) >= 11 is 0. The molecule has 6 nitrogen and oxygen atoms in total. The lowest BCUT2D eigenvalue weighted by Crippen LogP contribution is -2.42. The van der Waals surface area contributed by atoms with Gasteiger partial charge in [0.25, 0.3) is 0 Å². The molecule has 0 bridgehead atoms. The number of amides is 1. The van der Waals surface area contributed by atoms with E-state index in [9.17, 15) is 13.2 Å². The van der Waals surface area contributed by atoms with Crippen molar-refractivity contribution in [3.63, 3.8) is 0 Å². The Kier molecular flexibility index (Phi) is 6.01. The first-order chi connectivity index (χ1) is 11.0. The summed E-state index contributed by atoms with van der Waals surface area (Å²) < 4.78 is 32.1. The van der Waals surface area contributed by atoms with E-state index in [2.05, 4.69) is 5.32 Å². The van der Waals surface area contributed by atoms with Crippen LogP contribution in [0.15, 0.2) is 29.2 Å². The topological polar surface area (TPSA) is 75.7 Å². The van der Waals surface area contributed by atoms with Crippen LogP contribution in [-0.2, 0) is 14.8 Å². The van der Waals surface area contributed by atoms with Crippen molar-refractivity contribution in [3.8, 4) is 5.75 Å². The number of sulfonamides is 1. The van der Waals surface area contributed by atoms with Crippen molar-refractivity contribution in [1.82, 2.24) is 9.62 Å². The number of rotatable bonds is 6. The van der Waals surface area contributed by atoms with Crippen LogP contribution < -0.4 is 10.1 Å². The van der Waals surface area contributed by atoms with Crippen molar-refractivity contribution in [2.24, 2.45) is 5.92 Å². The van der Waals surface area contributed by atoms with E-state index in [1.54, 1.807) is 24.3 Å². The lowest BCUT2D eigenvalue weighted by Gasteiger charge is -2.30. The largest absolute Gasteiger partial charge is 0.494 e. The van der Waals surface area contributed by atoms with Crippen LogP contribution >= 0.6 is 0 Å². The molecule has 1 N–H and O–H groups in total. The zero-order chi connectivity index (χ0) is 16.9. The Balaban J connectivity index is 2.02. The molecule has 2 rings (SSSR count). The molecule has 0 radical (unpaired) electrons. The molecular weight excluding hydrogens is 316 g/mol. The fourth-order valence-electron chi connectivity index (χ4n) is 2.70. The van der Waals surface area contributed by atoms with Gasteiger partial charge in [-0.25, -0.2) is 8.42 Å². The predicted octanol–water partition coefficient (Wildman–Crippen LogP) is 1.62. The molecule has 1 aromatic carbocycles. The number of carbonyl (C=O) groups is 1. The molecule has 128 valence electrons. The molecule has 7 heteroatoms. The second-order valence-corrected chi connectivity index (χ2v) is 7.42. The molecule has 0 atom stereocenters. The van der Waals surface area contributed by atoms with Crippen LogP contribution in [0.25, 0.3) is 0 Å². The molecular formula is C16H24N2O4S. The first-order valence-electron chi connectivity index (χ1n) is 7.99. The fourth-order valence-corrected chi connectivity index (χ4v) is 4.17. The Hall–Kier alpha value is -1.60. The SMILES string of the molecule is CCNC(=O)C1CCN(S(=O)(=O)c2ccc(OCC)cc2)CC1. The number of piperidine rings is 1. The second kappa shape index (κ2) is 7.79. The van der Waals surface area contributed by atoms with Gasteiger partial charge in [-0.15, -0.1) is 0 Å². The number of hydrogen-bond donors (Lipinski definition) is 1. The van der Waals surface area contributed by atoms with Crippen molar-refractivity contribution in [1.29, 1.82) is 0 Å². The quantitative estimate of drug-likeness (QED) is 0.854. The Morgan fingerprint density at radius 3 is 2.35 bits per heavy atom. The summed E-state index contributed by atoms with van der Waals surface area (Å²) in [5.74, 6) is 0.578. The molecule has 23 heavy (non-hydrogen) atoms. The summed E-state index contributed by atoms with van der Waals surface area (Å²) in [7, 11) is -3.51. The average molecular weight is 340 g/mol. The highest BCUT2D eigenvalue weighted by atomic mass is 32.2. The Morgan fingerprint density at radius 1 is 1.22 bits per heavy atom. The van der Waals surface area contributed by atoms with Gasteiger partial charge in [0, 0.05) is 25.6 Å². The Labute approximate surface area is 137 Å². The molecule has 1 amide bonds. The van der Waals surface area contributed by atoms with E-state index in [0.717, 1.165) is 0 Å². The van der Waals surface area contributed by atoms with E-state index in [1.807, 2.05) is 13.8 Å². The van der Waals surface area contributed by atoms with Gasteiger partial charge in [-0.3, -0.25) is 4.79 Å². The lowest BCUT2D eigenvalue weighted by molar-refractivity contribution is -0.126. The minimum atomic E-state index is -3.51. The first-order valence-corrected chi connectivity index (χ1v) is 9.43. The van der Waals surface area contributed by atoms with Gasteiger partial charge in [-0.2, -0.15) is 4.31 Å². The maximum atomic E-state index is 12.6. The summed E-state index contributed by atoms with van der Waals surface area (Å²) in [5, 5.41) is 2.80. The zero-order valence-corrected chi connectivity index (χ0v) is 14.4. The van der Waals surface area contributed by atoms with Crippen molar-refractivity contribution < 1.29 is 17.9 Å². The molecule has 1 fully saturated rings. The molecule has 0 saturated carbocycles. The second-order valence-electron chi connectivity index (χ2n) is 5.48. The summed E-state index contributed by atoms with van der Waals surface area (Å²) in [5.41, 5.74) is 0. The third-order valence-electron chi connectivity index (χ3n) is 3.95. The summed E-state index contributed by atoms with van der Waals surface area (Å²) in [6.07, 6.45) is 1.12. The summed E-state index contributed by atoms with van der Waals surface area (Å²) in [6, 6.07) is 6.46. The van der Waals surface area contributed by atoms with Gasteiger partial charge >= 0.3 is 0 Å². The van der Waals surface area contributed by atoms with E-state index in [0.29, 0.717) is 44.8 Å². The van der Waals surface area contributed by atoms with Gasteiger partial charge in [0.2, 0.25) is 15.9 Å². The van der Waals surface area contributed by atoms with Crippen molar-refractivity contribution in [2.75, 3.05) is 26.2 Å². The lowest BCUT2D eigenvalue weighted by atomic mass is 9.97. The highest BCUT2D eigenvalue weighted by Crippen LogP contribution is 2.25. The fraction of sp³-hybridized carbons (Fsp3) is 0.562. The number of nitrogens with one attached hydrogen (secondary N) is 1. The third kappa shape index (κ3) is 4.23. The van der Waals surface area contributed by atoms with Crippen molar-refractivity contribution >= 4 is 15.9 Å². The smallest absolute Gasteiger partial charge is 0.243 e. The van der Waals surface area contributed by atoms with Crippen LogP contribution in [0.4, 0.5) is 0 Å². The van der Waals surface area contributed by atoms with Crippen LogP contribution in [0, 0.1) is 5.92 Å². The van der Waals surface area contributed by atoms with Gasteiger partial charge in [-0.1, -0.05) is 0 Å². The van der Waals surface area contributed by atoms with Crippen LogP contribution in [0.2, 0.25) is 0 Å². The molecule has 1 heterocycles. The zero-order valence-electron chi connectivity index (χ0n) is 13.6. The number of hydrogen-bond acceptors (Lipinski definition) is 4. The predicted molar refractivity (Wildman–Crippen MR) is 87.8 cm³/mol. The van der Waals surface area contributed by atoms with Crippen molar-refractivity contribution in [3.05, 3.63) is 24.3 Å². The standard InChI is InChI=1S/C16H24N2O4S/c1-3-17-16(19)13-9-11-18(12-10-13)23(20,21)15-7-5-14(6-8-15)22-4-2/h5-8,13H,3-4,9-12H2,1-2H3,(H,17,19). The van der Waals surface area contributed by atoms with Crippen LogP contribution in [0.3, 0.4) is 0 Å². The molecule has 0 spiro atoms. The monoisotopic (exact) mass is 340 g/mol. The maximum absolute atomic E-state index is 12.6. The van der Waals surface area contributed by atoms with Crippen LogP contribution in [-0.4, -0.2) is 44.9 Å². The molecule has 1 saturated heterocycles. The first kappa shape index (κ1) is 17.7. The van der Waals surface area contributed by atoms with Gasteiger partial charge in [0.05, 0.1) is 11.5 Å². The van der Waals surface area contributed by atoms with Gasteiger partial charge in [-0.05, 0) is 51.0 Å². The van der Waals surface area contributed by atoms with Crippen molar-refractivity contribution in [2.45, 2.75) is 31.6 Å². The molecule has 1 aliphatic rings. The highest BCUT2D eigenvalue weighted by molar-refractivity contribution is 7.89. The summed E-state index contributed by atoms with van der Waals surface area (Å²) in [6.45, 7) is 5.64. The number of nitrogens with zero attached hydrogens (tertiary/aromatic N) is 1. The number of ether oxygens (including phenoxy) is 1. The van der Waals surface area contributed by atoms with Crippen LogP contribution in [0.1, 0.15) is 26.7 Å². The van der Waals surface area contributed by atoms with E-state index in [-0.39, 0.29) is 16.7 Å². The molecule has 0 unspecified atom stereocenters. The molecule has 1 aromatic rings. The average Bonchev–Trinajstić information content (AvgIpc) is 2.56. The van der Waals surface area contributed by atoms with E-state index < -0.39 is 10.0 Å². The number of benzene rings is 1. The Bertz CT molecular complexity index is 620. The van der Waals surface area contributed by atoms with Gasteiger partial charge in [0.1, 0.15) is 5.75 Å². The molecule has 0 aliphatic carbocycles. The molecule has 1 aliphatic heterocycles.